The lowest BCUT2D eigenvalue weighted by Gasteiger charge is -2.03. The van der Waals surface area contributed by atoms with Crippen LogP contribution in [0.25, 0.3) is 17.1 Å². The number of carbonyl (C=O) groups is 2. The van der Waals surface area contributed by atoms with Crippen molar-refractivity contribution >= 4 is 23.1 Å². The number of H-pyrrole nitrogens is 1. The van der Waals surface area contributed by atoms with Gasteiger partial charge in [-0.3, -0.25) is 9.78 Å². The Morgan fingerprint density at radius 1 is 1.22 bits per heavy atom. The first-order chi connectivity index (χ1) is 12.9. The maximum absolute atomic E-state index is 12.2. The molecular formula is C14H9N7O6. The van der Waals surface area contributed by atoms with Crippen molar-refractivity contribution in [2.24, 2.45) is 0 Å². The number of imidazole rings is 1. The summed E-state index contributed by atoms with van der Waals surface area (Å²) in [4.78, 5) is 48.6. The monoisotopic (exact) mass is 371 g/mol. The fourth-order valence-corrected chi connectivity index (χ4v) is 2.34. The van der Waals surface area contributed by atoms with Gasteiger partial charge in [0.25, 0.3) is 5.56 Å². The Labute approximate surface area is 147 Å². The number of hydrogen-bond donors (Lipinski definition) is 3. The van der Waals surface area contributed by atoms with E-state index < -0.39 is 17.5 Å². The van der Waals surface area contributed by atoms with E-state index in [0.29, 0.717) is 0 Å². The van der Waals surface area contributed by atoms with Crippen LogP contribution in [-0.2, 0) is 6.54 Å². The van der Waals surface area contributed by atoms with Gasteiger partial charge in [0, 0.05) is 6.20 Å². The number of nitrogens with zero attached hydrogens (tertiary/aromatic N) is 6. The second-order valence-electron chi connectivity index (χ2n) is 5.34. The molecular weight excluding hydrogens is 362 g/mol. The highest BCUT2D eigenvalue weighted by Gasteiger charge is 2.16. The van der Waals surface area contributed by atoms with Crippen LogP contribution in [0.5, 0.6) is 0 Å². The predicted octanol–water partition coefficient (Wildman–Crippen LogP) is -0.262. The molecule has 0 radical (unpaired) electrons. The molecule has 136 valence electrons. The normalized spacial score (nSPS) is 11.1. The van der Waals surface area contributed by atoms with E-state index in [-0.39, 0.29) is 40.8 Å². The van der Waals surface area contributed by atoms with Crippen molar-refractivity contribution < 1.29 is 24.2 Å². The molecule has 27 heavy (non-hydrogen) atoms. The average Bonchev–Trinajstić information content (AvgIpc) is 3.34. The highest BCUT2D eigenvalue weighted by atomic mass is 16.4. The highest BCUT2D eigenvalue weighted by molar-refractivity contribution is 5.87. The second kappa shape index (κ2) is 5.91. The highest BCUT2D eigenvalue weighted by Crippen LogP contribution is 2.12. The van der Waals surface area contributed by atoms with E-state index in [1.54, 1.807) is 0 Å². The maximum Gasteiger partial charge on any atom is 0.357 e. The largest absolute Gasteiger partial charge is 0.478 e. The molecule has 0 spiro atoms. The van der Waals surface area contributed by atoms with Crippen LogP contribution in [0.1, 0.15) is 26.7 Å². The van der Waals surface area contributed by atoms with Crippen molar-refractivity contribution in [2.75, 3.05) is 0 Å². The number of hydrogen-bond acceptors (Lipinski definition) is 8. The van der Waals surface area contributed by atoms with Crippen LogP contribution in [0.2, 0.25) is 0 Å². The molecule has 13 nitrogen and oxygen atoms in total. The van der Waals surface area contributed by atoms with Crippen molar-refractivity contribution in [3.63, 3.8) is 0 Å². The fraction of sp³-hybridized carbons (Fsp3) is 0.0714. The number of carboxylic acid groups (broad SMARTS) is 2. The number of nitrogens with one attached hydrogen (secondary N) is 1. The maximum atomic E-state index is 12.2. The SMILES string of the molecule is O=C(O)c1cnn(-c2nc3c(ncn3Cc3nc(C(=O)O)co3)c(=O)[nH]2)c1. The smallest absolute Gasteiger partial charge is 0.357 e. The fourth-order valence-electron chi connectivity index (χ4n) is 2.34. The second-order valence-corrected chi connectivity index (χ2v) is 5.34. The van der Waals surface area contributed by atoms with Gasteiger partial charge in [0.1, 0.15) is 12.8 Å². The van der Waals surface area contributed by atoms with E-state index in [1.807, 2.05) is 0 Å². The first-order valence-electron chi connectivity index (χ1n) is 7.33. The van der Waals surface area contributed by atoms with Gasteiger partial charge >= 0.3 is 11.9 Å². The van der Waals surface area contributed by atoms with Crippen molar-refractivity contribution in [2.45, 2.75) is 6.54 Å². The van der Waals surface area contributed by atoms with E-state index in [9.17, 15) is 14.4 Å². The quantitative estimate of drug-likeness (QED) is 0.422. The number of rotatable bonds is 5. The minimum atomic E-state index is -1.23. The van der Waals surface area contributed by atoms with Crippen LogP contribution < -0.4 is 5.56 Å². The molecule has 0 unspecified atom stereocenters. The van der Waals surface area contributed by atoms with Gasteiger partial charge in [-0.15, -0.1) is 0 Å². The van der Waals surface area contributed by atoms with Gasteiger partial charge in [0.2, 0.25) is 11.8 Å². The third-order valence-electron chi connectivity index (χ3n) is 3.59. The summed E-state index contributed by atoms with van der Waals surface area (Å²) < 4.78 is 7.63. The van der Waals surface area contributed by atoms with Crippen molar-refractivity contribution in [1.82, 2.24) is 34.3 Å². The number of aromatic nitrogens is 7. The summed E-state index contributed by atoms with van der Waals surface area (Å²) in [5.74, 6) is -2.33. The number of aromatic amines is 1. The Balaban J connectivity index is 1.76. The van der Waals surface area contributed by atoms with E-state index in [0.717, 1.165) is 17.1 Å². The van der Waals surface area contributed by atoms with Crippen molar-refractivity contribution in [3.8, 4) is 5.95 Å². The lowest BCUT2D eigenvalue weighted by Crippen LogP contribution is -2.15. The van der Waals surface area contributed by atoms with Crippen LogP contribution in [0.4, 0.5) is 0 Å². The van der Waals surface area contributed by atoms with Crippen molar-refractivity contribution in [1.29, 1.82) is 0 Å². The third kappa shape index (κ3) is 2.82. The van der Waals surface area contributed by atoms with Gasteiger partial charge < -0.3 is 19.2 Å². The van der Waals surface area contributed by atoms with Gasteiger partial charge in [-0.1, -0.05) is 0 Å². The summed E-state index contributed by atoms with van der Waals surface area (Å²) in [6, 6.07) is 0. The summed E-state index contributed by atoms with van der Waals surface area (Å²) in [5, 5.41) is 21.7. The summed E-state index contributed by atoms with van der Waals surface area (Å²) in [6.07, 6.45) is 4.64. The molecule has 0 saturated carbocycles. The molecule has 3 N–H and O–H groups in total. The summed E-state index contributed by atoms with van der Waals surface area (Å²) in [7, 11) is 0. The molecule has 4 rings (SSSR count). The molecule has 0 amide bonds. The standard InChI is InChI=1S/C14H9N7O6/c22-11-9-10(18-14(19-11)21-2-6(1-16-21)12(23)24)20(5-15-9)3-8-17-7(4-27-8)13(25)26/h1-2,4-5H,3H2,(H,23,24)(H,25,26)(H,18,19,22). The Morgan fingerprint density at radius 2 is 2.04 bits per heavy atom. The lowest BCUT2D eigenvalue weighted by atomic mass is 10.4. The summed E-state index contributed by atoms with van der Waals surface area (Å²) in [6.45, 7) is -0.0147. The van der Waals surface area contributed by atoms with Gasteiger partial charge in [-0.05, 0) is 0 Å². The first-order valence-corrected chi connectivity index (χ1v) is 7.33. The molecule has 0 aliphatic heterocycles. The minimum Gasteiger partial charge on any atom is -0.478 e. The van der Waals surface area contributed by atoms with E-state index >= 15 is 0 Å². The number of carboxylic acids is 2. The molecule has 0 saturated heterocycles. The molecule has 0 aliphatic rings. The lowest BCUT2D eigenvalue weighted by molar-refractivity contribution is 0.0682. The summed E-state index contributed by atoms with van der Waals surface area (Å²) in [5.41, 5.74) is -0.684. The van der Waals surface area contributed by atoms with Gasteiger partial charge in [0.15, 0.2) is 16.9 Å². The third-order valence-corrected chi connectivity index (χ3v) is 3.59. The zero-order chi connectivity index (χ0) is 19.1. The molecule has 0 fully saturated rings. The first kappa shape index (κ1) is 16.2. The molecule has 0 bridgehead atoms. The van der Waals surface area contributed by atoms with Crippen LogP contribution in [0, 0.1) is 0 Å². The average molecular weight is 371 g/mol. The number of oxazole rings is 1. The Bertz CT molecular complexity index is 1250. The molecule has 4 aromatic rings. The van der Waals surface area contributed by atoms with Gasteiger partial charge in [0.05, 0.1) is 18.1 Å². The van der Waals surface area contributed by atoms with E-state index in [4.69, 9.17) is 14.6 Å². The molecule has 0 aliphatic carbocycles. The molecule has 0 atom stereocenters. The van der Waals surface area contributed by atoms with Crippen LogP contribution in [0.15, 0.2) is 34.2 Å². The minimum absolute atomic E-state index is 0.0135. The molecule has 13 heteroatoms. The van der Waals surface area contributed by atoms with Gasteiger partial charge in [-0.25, -0.2) is 24.2 Å². The van der Waals surface area contributed by atoms with Crippen LogP contribution >= 0.6 is 0 Å². The van der Waals surface area contributed by atoms with Crippen LogP contribution in [0.3, 0.4) is 0 Å². The Hall–Kier alpha value is -4.29. The molecule has 0 aromatic carbocycles. The Morgan fingerprint density at radius 3 is 2.70 bits per heavy atom. The number of aromatic carboxylic acids is 2. The Kier molecular flexibility index (Phi) is 3.54. The zero-order valence-electron chi connectivity index (χ0n) is 13.2. The molecule has 4 heterocycles. The van der Waals surface area contributed by atoms with Crippen LogP contribution in [-0.4, -0.2) is 56.4 Å². The predicted molar refractivity (Wildman–Crippen MR) is 84.8 cm³/mol. The number of fused-ring (bicyclic) bond motifs is 1. The molecule has 4 aromatic heterocycles. The van der Waals surface area contributed by atoms with Crippen molar-refractivity contribution in [3.05, 3.63) is 52.5 Å². The zero-order valence-corrected chi connectivity index (χ0v) is 13.2. The topological polar surface area (TPSA) is 182 Å². The van der Waals surface area contributed by atoms with E-state index in [1.165, 1.54) is 17.1 Å². The van der Waals surface area contributed by atoms with E-state index in [2.05, 4.69) is 25.0 Å². The summed E-state index contributed by atoms with van der Waals surface area (Å²) >= 11 is 0. The van der Waals surface area contributed by atoms with Gasteiger partial charge in [-0.2, -0.15) is 10.1 Å².